The first-order valence-corrected chi connectivity index (χ1v) is 6.12. The number of nitrogens with zero attached hydrogens (tertiary/aromatic N) is 2. The van der Waals surface area contributed by atoms with Crippen LogP contribution in [0.5, 0.6) is 0 Å². The van der Waals surface area contributed by atoms with Gasteiger partial charge in [0.15, 0.2) is 0 Å². The highest BCUT2D eigenvalue weighted by Gasteiger charge is 2.16. The minimum Gasteiger partial charge on any atom is -0.382 e. The Bertz CT molecular complexity index is 368. The molecule has 3 heteroatoms. The zero-order chi connectivity index (χ0) is 11.4. The zero-order valence-corrected chi connectivity index (χ0v) is 9.89. The Morgan fingerprint density at radius 3 is 2.88 bits per heavy atom. The third kappa shape index (κ3) is 2.73. The molecule has 0 saturated carbocycles. The summed E-state index contributed by atoms with van der Waals surface area (Å²) in [6, 6.07) is 0. The highest BCUT2D eigenvalue weighted by Crippen LogP contribution is 2.27. The summed E-state index contributed by atoms with van der Waals surface area (Å²) in [5.74, 6) is 0. The smallest absolute Gasteiger partial charge is 0.119 e. The first-order chi connectivity index (χ1) is 7.77. The molecule has 2 rings (SSSR count). The quantitative estimate of drug-likeness (QED) is 0.778. The lowest BCUT2D eigenvalue weighted by atomic mass is 9.95. The van der Waals surface area contributed by atoms with Crippen molar-refractivity contribution in [2.45, 2.75) is 44.6 Å². The largest absolute Gasteiger partial charge is 0.382 e. The van der Waals surface area contributed by atoms with Crippen LogP contribution in [0.3, 0.4) is 0 Å². The molecule has 1 N–H and O–H groups in total. The molecule has 16 heavy (non-hydrogen) atoms. The van der Waals surface area contributed by atoms with Gasteiger partial charge in [-0.3, -0.25) is 0 Å². The van der Waals surface area contributed by atoms with Crippen molar-refractivity contribution in [1.29, 1.82) is 0 Å². The predicted octanol–water partition coefficient (Wildman–Crippen LogP) is 2.73. The topological polar surface area (TPSA) is 38.0 Å². The number of rotatable bonds is 2. The SMILES string of the molecule is Cn1cnc(C(O)C2=CCCCCCC2)c1. The Morgan fingerprint density at radius 1 is 1.31 bits per heavy atom. The molecule has 1 aromatic heterocycles. The van der Waals surface area contributed by atoms with E-state index in [1.165, 1.54) is 25.7 Å². The first kappa shape index (κ1) is 11.4. The third-order valence-corrected chi connectivity index (χ3v) is 3.18. The standard InChI is InChI=1S/C13H20N2O/c1-15-9-12(14-10-15)13(16)11-7-5-3-2-4-6-8-11/h7,9-10,13,16H,2-6,8H2,1H3. The van der Waals surface area contributed by atoms with E-state index < -0.39 is 6.10 Å². The van der Waals surface area contributed by atoms with E-state index in [1.807, 2.05) is 17.8 Å². The lowest BCUT2D eigenvalue weighted by molar-refractivity contribution is 0.205. The number of hydrogen-bond acceptors (Lipinski definition) is 2. The highest BCUT2D eigenvalue weighted by atomic mass is 16.3. The van der Waals surface area contributed by atoms with E-state index in [9.17, 15) is 5.11 Å². The number of aliphatic hydroxyl groups is 1. The lowest BCUT2D eigenvalue weighted by Gasteiger charge is -2.15. The second kappa shape index (κ2) is 5.30. The van der Waals surface area contributed by atoms with Crippen LogP contribution >= 0.6 is 0 Å². The number of allylic oxidation sites excluding steroid dienone is 1. The van der Waals surface area contributed by atoms with Gasteiger partial charge in [0.1, 0.15) is 6.10 Å². The Hall–Kier alpha value is -1.09. The van der Waals surface area contributed by atoms with Crippen molar-refractivity contribution in [3.05, 3.63) is 29.9 Å². The van der Waals surface area contributed by atoms with Gasteiger partial charge in [0.2, 0.25) is 0 Å². The third-order valence-electron chi connectivity index (χ3n) is 3.18. The minimum absolute atomic E-state index is 0.501. The summed E-state index contributed by atoms with van der Waals surface area (Å²) >= 11 is 0. The molecular formula is C13H20N2O. The Kier molecular flexibility index (Phi) is 3.78. The monoisotopic (exact) mass is 220 g/mol. The maximum atomic E-state index is 10.2. The van der Waals surface area contributed by atoms with E-state index in [-0.39, 0.29) is 0 Å². The summed E-state index contributed by atoms with van der Waals surface area (Å²) in [6.45, 7) is 0. The van der Waals surface area contributed by atoms with Crippen LogP contribution in [-0.4, -0.2) is 14.7 Å². The van der Waals surface area contributed by atoms with E-state index in [2.05, 4.69) is 11.1 Å². The molecule has 1 aliphatic carbocycles. The normalized spacial score (nSPS) is 19.8. The van der Waals surface area contributed by atoms with Crippen LogP contribution in [0.2, 0.25) is 0 Å². The summed E-state index contributed by atoms with van der Waals surface area (Å²) in [4.78, 5) is 4.22. The Labute approximate surface area is 96.8 Å². The first-order valence-electron chi connectivity index (χ1n) is 6.12. The van der Waals surface area contributed by atoms with E-state index in [1.54, 1.807) is 6.33 Å². The van der Waals surface area contributed by atoms with Crippen LogP contribution in [-0.2, 0) is 7.05 Å². The number of aromatic nitrogens is 2. The van der Waals surface area contributed by atoms with Gasteiger partial charge in [-0.2, -0.15) is 0 Å². The van der Waals surface area contributed by atoms with Crippen molar-refractivity contribution in [3.8, 4) is 0 Å². The van der Waals surface area contributed by atoms with Crippen molar-refractivity contribution in [2.75, 3.05) is 0 Å². The summed E-state index contributed by atoms with van der Waals surface area (Å²) in [6.07, 6.45) is 12.5. The molecule has 0 fully saturated rings. The molecular weight excluding hydrogens is 200 g/mol. The summed E-state index contributed by atoms with van der Waals surface area (Å²) in [7, 11) is 1.93. The lowest BCUT2D eigenvalue weighted by Crippen LogP contribution is -2.04. The van der Waals surface area contributed by atoms with Gasteiger partial charge in [-0.15, -0.1) is 0 Å². The molecule has 0 amide bonds. The summed E-state index contributed by atoms with van der Waals surface area (Å²) in [5.41, 5.74) is 1.92. The van der Waals surface area contributed by atoms with Crippen molar-refractivity contribution in [1.82, 2.24) is 9.55 Å². The van der Waals surface area contributed by atoms with E-state index >= 15 is 0 Å². The van der Waals surface area contributed by atoms with E-state index in [4.69, 9.17) is 0 Å². The van der Waals surface area contributed by atoms with Crippen molar-refractivity contribution in [3.63, 3.8) is 0 Å². The number of aryl methyl sites for hydroxylation is 1. The summed E-state index contributed by atoms with van der Waals surface area (Å²) in [5, 5.41) is 10.2. The highest BCUT2D eigenvalue weighted by molar-refractivity contribution is 5.18. The van der Waals surface area contributed by atoms with Gasteiger partial charge in [-0.1, -0.05) is 18.9 Å². The fourth-order valence-corrected chi connectivity index (χ4v) is 2.23. The van der Waals surface area contributed by atoms with Crippen molar-refractivity contribution >= 4 is 0 Å². The summed E-state index contributed by atoms with van der Waals surface area (Å²) < 4.78 is 1.88. The van der Waals surface area contributed by atoms with Crippen LogP contribution in [0.25, 0.3) is 0 Å². The zero-order valence-electron chi connectivity index (χ0n) is 9.89. The van der Waals surface area contributed by atoms with E-state index in [0.717, 1.165) is 24.1 Å². The minimum atomic E-state index is -0.501. The van der Waals surface area contributed by atoms with Crippen LogP contribution in [0.1, 0.15) is 50.3 Å². The molecule has 1 heterocycles. The molecule has 3 nitrogen and oxygen atoms in total. The molecule has 0 saturated heterocycles. The van der Waals surface area contributed by atoms with Gasteiger partial charge < -0.3 is 9.67 Å². The molecule has 0 aliphatic heterocycles. The molecule has 0 aromatic carbocycles. The molecule has 1 atom stereocenters. The van der Waals surface area contributed by atoms with Gasteiger partial charge in [0, 0.05) is 13.2 Å². The number of imidazole rings is 1. The second-order valence-corrected chi connectivity index (χ2v) is 4.60. The predicted molar refractivity (Wildman–Crippen MR) is 64.0 cm³/mol. The molecule has 1 unspecified atom stereocenters. The van der Waals surface area contributed by atoms with Crippen LogP contribution in [0, 0.1) is 0 Å². The van der Waals surface area contributed by atoms with Crippen molar-refractivity contribution in [2.24, 2.45) is 7.05 Å². The average Bonchev–Trinajstić information content (AvgIpc) is 2.63. The fourth-order valence-electron chi connectivity index (χ4n) is 2.23. The van der Waals surface area contributed by atoms with Gasteiger partial charge in [-0.25, -0.2) is 4.98 Å². The van der Waals surface area contributed by atoms with Gasteiger partial charge in [0.05, 0.1) is 12.0 Å². The maximum absolute atomic E-state index is 10.2. The average molecular weight is 220 g/mol. The van der Waals surface area contributed by atoms with Crippen LogP contribution in [0.15, 0.2) is 24.2 Å². The van der Waals surface area contributed by atoms with Gasteiger partial charge >= 0.3 is 0 Å². The maximum Gasteiger partial charge on any atom is 0.119 e. The van der Waals surface area contributed by atoms with Crippen LogP contribution in [0.4, 0.5) is 0 Å². The molecule has 1 aliphatic rings. The molecule has 1 aromatic rings. The molecule has 0 spiro atoms. The van der Waals surface area contributed by atoms with Crippen molar-refractivity contribution < 1.29 is 5.11 Å². The van der Waals surface area contributed by atoms with E-state index in [0.29, 0.717) is 0 Å². The van der Waals surface area contributed by atoms with Crippen LogP contribution < -0.4 is 0 Å². The fraction of sp³-hybridized carbons (Fsp3) is 0.615. The number of aliphatic hydroxyl groups excluding tert-OH is 1. The second-order valence-electron chi connectivity index (χ2n) is 4.60. The Morgan fingerprint density at radius 2 is 2.12 bits per heavy atom. The molecule has 88 valence electrons. The van der Waals surface area contributed by atoms with Gasteiger partial charge in [-0.05, 0) is 31.3 Å². The van der Waals surface area contributed by atoms with Gasteiger partial charge in [0.25, 0.3) is 0 Å². The number of hydrogen-bond donors (Lipinski definition) is 1. The Balaban J connectivity index is 2.09. The molecule has 0 bridgehead atoms. The molecule has 0 radical (unpaired) electrons.